The van der Waals surface area contributed by atoms with Crippen LogP contribution in [-0.2, 0) is 4.79 Å². The fraction of sp³-hybridized carbons (Fsp3) is 0.647. The van der Waals surface area contributed by atoms with Crippen molar-refractivity contribution in [2.75, 3.05) is 6.54 Å². The smallest absolute Gasteiger partial charge is 0.223 e. The molecule has 2 heterocycles. The highest BCUT2D eigenvalue weighted by Crippen LogP contribution is 2.32. The van der Waals surface area contributed by atoms with E-state index in [1.54, 1.807) is 6.20 Å². The van der Waals surface area contributed by atoms with E-state index in [1.807, 2.05) is 24.1 Å². The number of amides is 1. The number of aliphatic hydroxyl groups excluding tert-OH is 1. The number of aliphatic hydroxyl groups is 1. The van der Waals surface area contributed by atoms with Gasteiger partial charge in [-0.15, -0.1) is 0 Å². The summed E-state index contributed by atoms with van der Waals surface area (Å²) >= 11 is 0. The average Bonchev–Trinajstić information content (AvgIpc) is 2.97. The van der Waals surface area contributed by atoms with Crippen molar-refractivity contribution in [3.63, 3.8) is 0 Å². The number of pyridine rings is 1. The van der Waals surface area contributed by atoms with Crippen LogP contribution in [0.1, 0.15) is 63.5 Å². The first-order valence-electron chi connectivity index (χ1n) is 8.06. The quantitative estimate of drug-likeness (QED) is 0.785. The molecule has 21 heavy (non-hydrogen) atoms. The molecule has 1 aliphatic heterocycles. The Labute approximate surface area is 127 Å². The molecule has 4 heteroatoms. The topological polar surface area (TPSA) is 53.4 Å². The molecule has 0 aliphatic carbocycles. The fourth-order valence-corrected chi connectivity index (χ4v) is 3.02. The van der Waals surface area contributed by atoms with Gasteiger partial charge in [0.1, 0.15) is 0 Å². The fourth-order valence-electron chi connectivity index (χ4n) is 3.02. The largest absolute Gasteiger partial charge is 0.393 e. The van der Waals surface area contributed by atoms with Crippen molar-refractivity contribution in [1.82, 2.24) is 9.88 Å². The summed E-state index contributed by atoms with van der Waals surface area (Å²) in [6.07, 6.45) is 9.92. The molecule has 1 aromatic rings. The molecule has 1 N–H and O–H groups in total. The molecular weight excluding hydrogens is 264 g/mol. The van der Waals surface area contributed by atoms with Crippen LogP contribution in [0.2, 0.25) is 0 Å². The Morgan fingerprint density at radius 2 is 2.33 bits per heavy atom. The van der Waals surface area contributed by atoms with E-state index in [0.717, 1.165) is 50.6 Å². The number of unbranched alkanes of at least 4 members (excludes halogenated alkanes) is 2. The second-order valence-corrected chi connectivity index (χ2v) is 5.98. The molecule has 2 rings (SSSR count). The summed E-state index contributed by atoms with van der Waals surface area (Å²) in [4.78, 5) is 18.6. The zero-order valence-electron chi connectivity index (χ0n) is 12.9. The van der Waals surface area contributed by atoms with Crippen molar-refractivity contribution < 1.29 is 9.90 Å². The van der Waals surface area contributed by atoms with Crippen molar-refractivity contribution >= 4 is 5.91 Å². The number of hydrogen-bond donors (Lipinski definition) is 1. The van der Waals surface area contributed by atoms with E-state index in [2.05, 4.69) is 11.1 Å². The lowest BCUT2D eigenvalue weighted by Gasteiger charge is -2.25. The molecular formula is C17H26N2O2. The highest BCUT2D eigenvalue weighted by Gasteiger charge is 2.29. The molecule has 0 radical (unpaired) electrons. The minimum Gasteiger partial charge on any atom is -0.393 e. The van der Waals surface area contributed by atoms with Crippen molar-refractivity contribution in [3.8, 4) is 0 Å². The summed E-state index contributed by atoms with van der Waals surface area (Å²) in [6.45, 7) is 2.68. The summed E-state index contributed by atoms with van der Waals surface area (Å²) in [7, 11) is 0. The van der Waals surface area contributed by atoms with Crippen molar-refractivity contribution in [1.29, 1.82) is 0 Å². The van der Waals surface area contributed by atoms with Gasteiger partial charge in [0, 0.05) is 25.4 Å². The Kier molecular flexibility index (Phi) is 6.18. The summed E-state index contributed by atoms with van der Waals surface area (Å²) in [5.41, 5.74) is 1.15. The van der Waals surface area contributed by atoms with Gasteiger partial charge in [-0.25, -0.2) is 0 Å². The molecule has 0 aromatic carbocycles. The molecule has 0 bridgehead atoms. The minimum atomic E-state index is -0.228. The van der Waals surface area contributed by atoms with E-state index in [1.165, 1.54) is 0 Å². The lowest BCUT2D eigenvalue weighted by molar-refractivity contribution is -0.132. The molecule has 4 nitrogen and oxygen atoms in total. The van der Waals surface area contributed by atoms with Crippen LogP contribution in [-0.4, -0.2) is 33.5 Å². The van der Waals surface area contributed by atoms with Crippen LogP contribution in [0, 0.1) is 0 Å². The van der Waals surface area contributed by atoms with Gasteiger partial charge >= 0.3 is 0 Å². The number of carbonyl (C=O) groups is 1. The van der Waals surface area contributed by atoms with Gasteiger partial charge in [-0.05, 0) is 44.2 Å². The molecule has 1 aromatic heterocycles. The average molecular weight is 290 g/mol. The van der Waals surface area contributed by atoms with E-state index < -0.39 is 0 Å². The molecule has 1 saturated heterocycles. The molecule has 2 unspecified atom stereocenters. The molecule has 1 amide bonds. The first-order valence-corrected chi connectivity index (χ1v) is 8.06. The summed E-state index contributed by atoms with van der Waals surface area (Å²) in [5, 5.41) is 9.21. The van der Waals surface area contributed by atoms with Gasteiger partial charge in [-0.2, -0.15) is 0 Å². The van der Waals surface area contributed by atoms with Gasteiger partial charge in [-0.3, -0.25) is 9.78 Å². The monoisotopic (exact) mass is 290 g/mol. The highest BCUT2D eigenvalue weighted by atomic mass is 16.3. The van der Waals surface area contributed by atoms with Crippen LogP contribution in [0.15, 0.2) is 24.5 Å². The predicted molar refractivity (Wildman–Crippen MR) is 82.7 cm³/mol. The number of hydrogen-bond acceptors (Lipinski definition) is 3. The summed E-state index contributed by atoms with van der Waals surface area (Å²) in [5.74, 6) is 0.262. The van der Waals surface area contributed by atoms with E-state index in [-0.39, 0.29) is 18.1 Å². The van der Waals surface area contributed by atoms with Crippen molar-refractivity contribution in [3.05, 3.63) is 30.1 Å². The van der Waals surface area contributed by atoms with Crippen molar-refractivity contribution in [2.45, 2.75) is 64.0 Å². The minimum absolute atomic E-state index is 0.212. The molecule has 0 spiro atoms. The maximum atomic E-state index is 12.4. The third kappa shape index (κ3) is 4.81. The number of nitrogens with zero attached hydrogens (tertiary/aromatic N) is 2. The van der Waals surface area contributed by atoms with Gasteiger partial charge in [0.05, 0.1) is 12.1 Å². The van der Waals surface area contributed by atoms with Crippen LogP contribution >= 0.6 is 0 Å². The lowest BCUT2D eigenvalue weighted by Crippen LogP contribution is -2.30. The van der Waals surface area contributed by atoms with E-state index in [9.17, 15) is 9.90 Å². The molecule has 1 fully saturated rings. The highest BCUT2D eigenvalue weighted by molar-refractivity contribution is 5.77. The van der Waals surface area contributed by atoms with E-state index in [4.69, 9.17) is 0 Å². The molecule has 116 valence electrons. The van der Waals surface area contributed by atoms with Gasteiger partial charge < -0.3 is 10.0 Å². The lowest BCUT2D eigenvalue weighted by atomic mass is 10.1. The first-order chi connectivity index (χ1) is 10.2. The molecule has 0 saturated carbocycles. The number of likely N-dealkylation sites (tertiary alicyclic amines) is 1. The second-order valence-electron chi connectivity index (χ2n) is 5.98. The van der Waals surface area contributed by atoms with E-state index >= 15 is 0 Å². The van der Waals surface area contributed by atoms with Crippen LogP contribution in [0.25, 0.3) is 0 Å². The maximum Gasteiger partial charge on any atom is 0.223 e. The Morgan fingerprint density at radius 1 is 1.48 bits per heavy atom. The van der Waals surface area contributed by atoms with Crippen molar-refractivity contribution in [2.24, 2.45) is 0 Å². The van der Waals surface area contributed by atoms with E-state index in [0.29, 0.717) is 6.42 Å². The van der Waals surface area contributed by atoms with Gasteiger partial charge in [-0.1, -0.05) is 18.9 Å². The zero-order valence-corrected chi connectivity index (χ0v) is 12.9. The SMILES string of the molecule is CC(O)CCCCCC(=O)N1CCCC1c1cccnc1. The predicted octanol–water partition coefficient (Wildman–Crippen LogP) is 3.08. The summed E-state index contributed by atoms with van der Waals surface area (Å²) < 4.78 is 0. The van der Waals surface area contributed by atoms with Crippen LogP contribution < -0.4 is 0 Å². The number of aromatic nitrogens is 1. The Balaban J connectivity index is 1.79. The number of rotatable bonds is 7. The second kappa shape index (κ2) is 8.13. The third-order valence-corrected chi connectivity index (χ3v) is 4.15. The molecule has 1 aliphatic rings. The number of carbonyl (C=O) groups excluding carboxylic acids is 1. The standard InChI is InChI=1S/C17H26N2O2/c1-14(20)7-3-2-4-10-17(21)19-12-6-9-16(19)15-8-5-11-18-13-15/h5,8,11,13-14,16,20H,2-4,6-7,9-10,12H2,1H3. The van der Waals surface area contributed by atoms with Crippen LogP contribution in [0.5, 0.6) is 0 Å². The van der Waals surface area contributed by atoms with Crippen LogP contribution in [0.4, 0.5) is 0 Å². The zero-order chi connectivity index (χ0) is 15.1. The summed E-state index contributed by atoms with van der Waals surface area (Å²) in [6, 6.07) is 4.21. The van der Waals surface area contributed by atoms with Gasteiger partial charge in [0.25, 0.3) is 0 Å². The Bertz CT molecular complexity index is 434. The molecule has 2 atom stereocenters. The van der Waals surface area contributed by atoms with Crippen LogP contribution in [0.3, 0.4) is 0 Å². The Hall–Kier alpha value is -1.42. The van der Waals surface area contributed by atoms with Gasteiger partial charge in [0.15, 0.2) is 0 Å². The van der Waals surface area contributed by atoms with Gasteiger partial charge in [0.2, 0.25) is 5.91 Å². The third-order valence-electron chi connectivity index (χ3n) is 4.15. The first kappa shape index (κ1) is 16.0. The maximum absolute atomic E-state index is 12.4. The Morgan fingerprint density at radius 3 is 3.05 bits per heavy atom. The normalized spacial score (nSPS) is 19.7.